The highest BCUT2D eigenvalue weighted by Crippen LogP contribution is 2.28. The maximum atomic E-state index is 12.9. The Morgan fingerprint density at radius 3 is 2.45 bits per heavy atom. The summed E-state index contributed by atoms with van der Waals surface area (Å²) in [5.74, 6) is -1.66. The summed E-state index contributed by atoms with van der Waals surface area (Å²) in [6, 6.07) is 9.66. The molecule has 0 saturated carbocycles. The number of Topliss-reactive ketones (excluding diaryl/α,β-unsaturated/α-hetero) is 1. The molecule has 2 rings (SSSR count). The third-order valence-corrected chi connectivity index (χ3v) is 8.17. The van der Waals surface area contributed by atoms with Crippen molar-refractivity contribution in [3.63, 3.8) is 0 Å². The molecule has 0 aliphatic rings. The van der Waals surface area contributed by atoms with Gasteiger partial charge in [0, 0.05) is 48.1 Å². The first kappa shape index (κ1) is 27.1. The molecule has 2 aromatic rings. The molecule has 1 aromatic carbocycles. The third-order valence-electron chi connectivity index (χ3n) is 5.47. The van der Waals surface area contributed by atoms with Gasteiger partial charge in [-0.05, 0) is 61.9 Å². The van der Waals surface area contributed by atoms with Crippen molar-refractivity contribution in [2.75, 3.05) is 34.8 Å². The Hall–Kier alpha value is -2.19. The number of hydrogen-bond donors (Lipinski definition) is 1. The fourth-order valence-electron chi connectivity index (χ4n) is 3.88. The maximum Gasteiger partial charge on any atom is 0.225 e. The summed E-state index contributed by atoms with van der Waals surface area (Å²) in [5.41, 5.74) is 2.80. The van der Waals surface area contributed by atoms with Crippen LogP contribution in [0.1, 0.15) is 62.8 Å². The lowest BCUT2D eigenvalue weighted by atomic mass is 10.1. The Morgan fingerprint density at radius 2 is 1.88 bits per heavy atom. The zero-order valence-corrected chi connectivity index (χ0v) is 21.7. The van der Waals surface area contributed by atoms with Crippen molar-refractivity contribution in [3.8, 4) is 0 Å². The van der Waals surface area contributed by atoms with Gasteiger partial charge in [0.2, 0.25) is 5.91 Å². The molecule has 1 N–H and O–H groups in total. The van der Waals surface area contributed by atoms with Gasteiger partial charge in [0.25, 0.3) is 0 Å². The van der Waals surface area contributed by atoms with E-state index in [1.165, 1.54) is 11.3 Å². The van der Waals surface area contributed by atoms with Gasteiger partial charge in [-0.1, -0.05) is 19.9 Å². The summed E-state index contributed by atoms with van der Waals surface area (Å²) in [7, 11) is -3.61. The second-order valence-corrected chi connectivity index (χ2v) is 11.5. The van der Waals surface area contributed by atoms with Crippen LogP contribution in [0, 0.1) is 6.92 Å². The smallest absolute Gasteiger partial charge is 0.225 e. The van der Waals surface area contributed by atoms with Gasteiger partial charge in [-0.2, -0.15) is 0 Å². The number of benzene rings is 1. The minimum Gasteiger partial charge on any atom is -0.372 e. The molecule has 0 saturated heterocycles. The number of ketones is 1. The number of nitrogens with one attached hydrogen (secondary N) is 1. The molecular formula is C25H36N2O4S2. The van der Waals surface area contributed by atoms with Crippen LogP contribution in [0.5, 0.6) is 0 Å². The van der Waals surface area contributed by atoms with E-state index in [0.29, 0.717) is 6.42 Å². The molecule has 0 aliphatic heterocycles. The van der Waals surface area contributed by atoms with Gasteiger partial charge in [0.1, 0.15) is 11.5 Å². The summed E-state index contributed by atoms with van der Waals surface area (Å²) in [6.07, 6.45) is 1.98. The zero-order valence-electron chi connectivity index (χ0n) is 20.1. The molecule has 182 valence electrons. The van der Waals surface area contributed by atoms with Crippen molar-refractivity contribution in [3.05, 3.63) is 46.2 Å². The van der Waals surface area contributed by atoms with Gasteiger partial charge >= 0.3 is 0 Å². The van der Waals surface area contributed by atoms with Crippen LogP contribution in [0.3, 0.4) is 0 Å². The van der Waals surface area contributed by atoms with Crippen LogP contribution < -0.4 is 10.2 Å². The Labute approximate surface area is 202 Å². The molecule has 0 fully saturated rings. The molecule has 1 heterocycles. The second kappa shape index (κ2) is 12.9. The lowest BCUT2D eigenvalue weighted by molar-refractivity contribution is -0.117. The molecule has 1 aromatic heterocycles. The van der Waals surface area contributed by atoms with Crippen molar-refractivity contribution < 1.29 is 18.0 Å². The predicted molar refractivity (Wildman–Crippen MR) is 138 cm³/mol. The molecule has 0 aliphatic carbocycles. The van der Waals surface area contributed by atoms with Crippen LogP contribution in [0.15, 0.2) is 35.7 Å². The molecule has 6 nitrogen and oxygen atoms in total. The zero-order chi connectivity index (χ0) is 24.4. The fourth-order valence-corrected chi connectivity index (χ4v) is 6.48. The van der Waals surface area contributed by atoms with Crippen molar-refractivity contribution in [2.24, 2.45) is 0 Å². The number of hydrogen-bond acceptors (Lipinski definition) is 6. The van der Waals surface area contributed by atoms with E-state index in [0.717, 1.165) is 41.3 Å². The van der Waals surface area contributed by atoms with E-state index in [1.54, 1.807) is 0 Å². The minimum atomic E-state index is -3.61. The Bertz CT molecular complexity index is 1020. The van der Waals surface area contributed by atoms with E-state index in [2.05, 4.69) is 30.1 Å². The van der Waals surface area contributed by atoms with Gasteiger partial charge in [-0.25, -0.2) is 8.42 Å². The second-order valence-electron chi connectivity index (χ2n) is 8.39. The summed E-state index contributed by atoms with van der Waals surface area (Å²) in [6.45, 7) is 9.96. The van der Waals surface area contributed by atoms with E-state index < -0.39 is 21.5 Å². The summed E-state index contributed by atoms with van der Waals surface area (Å²) < 4.78 is 25.3. The normalized spacial score (nSPS) is 12.4. The lowest BCUT2D eigenvalue weighted by Crippen LogP contribution is -2.25. The Kier molecular flexibility index (Phi) is 10.6. The minimum absolute atomic E-state index is 0.0415. The van der Waals surface area contributed by atoms with E-state index in [-0.39, 0.29) is 30.3 Å². The predicted octanol–water partition coefficient (Wildman–Crippen LogP) is 5.19. The lowest BCUT2D eigenvalue weighted by Gasteiger charge is -2.23. The van der Waals surface area contributed by atoms with E-state index >= 15 is 0 Å². The van der Waals surface area contributed by atoms with Crippen molar-refractivity contribution >= 4 is 44.2 Å². The van der Waals surface area contributed by atoms with Crippen LogP contribution in [-0.2, 0) is 19.4 Å². The number of carbonyl (C=O) groups is 2. The number of sulfone groups is 1. The number of carbonyl (C=O) groups excluding carboxylic acids is 2. The quantitative estimate of drug-likeness (QED) is 0.392. The SMILES string of the molecule is CCCC(=O)CS(=O)(=O)CC(CC(=O)Nc1ccc(N(CC)CCC)cc1C)c1cccs1. The molecule has 1 atom stereocenters. The highest BCUT2D eigenvalue weighted by Gasteiger charge is 2.26. The number of anilines is 2. The first-order chi connectivity index (χ1) is 15.7. The van der Waals surface area contributed by atoms with E-state index in [1.807, 2.05) is 43.5 Å². The van der Waals surface area contributed by atoms with Gasteiger partial charge < -0.3 is 10.2 Å². The molecule has 0 spiro atoms. The number of nitrogens with zero attached hydrogens (tertiary/aromatic N) is 1. The first-order valence-corrected chi connectivity index (χ1v) is 14.3. The summed E-state index contributed by atoms with van der Waals surface area (Å²) >= 11 is 1.43. The van der Waals surface area contributed by atoms with Crippen molar-refractivity contribution in [2.45, 2.75) is 59.3 Å². The van der Waals surface area contributed by atoms with Crippen molar-refractivity contribution in [1.29, 1.82) is 0 Å². The molecular weight excluding hydrogens is 456 g/mol. The van der Waals surface area contributed by atoms with Gasteiger partial charge in [0.05, 0.1) is 5.75 Å². The topological polar surface area (TPSA) is 83.5 Å². The van der Waals surface area contributed by atoms with Crippen LogP contribution in [0.2, 0.25) is 0 Å². The van der Waals surface area contributed by atoms with Gasteiger partial charge in [0.15, 0.2) is 9.84 Å². The molecule has 33 heavy (non-hydrogen) atoms. The average Bonchev–Trinajstić information content (AvgIpc) is 3.27. The standard InChI is InChI=1S/C25H36N2O4S2/c1-5-9-22(28)18-33(30,31)17-20(24-10-8-14-32-24)16-25(29)26-23-12-11-21(15-19(23)4)27(7-3)13-6-2/h8,10-12,14-15,20H,5-7,9,13,16-18H2,1-4H3,(H,26,29). The number of rotatable bonds is 14. The molecule has 1 amide bonds. The van der Waals surface area contributed by atoms with E-state index in [4.69, 9.17) is 0 Å². The Balaban J connectivity index is 2.11. The highest BCUT2D eigenvalue weighted by molar-refractivity contribution is 7.92. The number of thiophene rings is 1. The average molecular weight is 493 g/mol. The molecule has 0 bridgehead atoms. The Morgan fingerprint density at radius 1 is 1.12 bits per heavy atom. The fraction of sp³-hybridized carbons (Fsp3) is 0.520. The van der Waals surface area contributed by atoms with Gasteiger partial charge in [-0.3, -0.25) is 9.59 Å². The van der Waals surface area contributed by atoms with Crippen LogP contribution >= 0.6 is 11.3 Å². The van der Waals surface area contributed by atoms with E-state index in [9.17, 15) is 18.0 Å². The summed E-state index contributed by atoms with van der Waals surface area (Å²) in [5, 5.41) is 4.82. The van der Waals surface area contributed by atoms with Crippen LogP contribution in [0.25, 0.3) is 0 Å². The summed E-state index contributed by atoms with van der Waals surface area (Å²) in [4.78, 5) is 27.9. The molecule has 1 unspecified atom stereocenters. The number of aryl methyl sites for hydroxylation is 1. The van der Waals surface area contributed by atoms with Gasteiger partial charge in [-0.15, -0.1) is 11.3 Å². The van der Waals surface area contributed by atoms with Crippen LogP contribution in [0.4, 0.5) is 11.4 Å². The molecule has 8 heteroatoms. The first-order valence-electron chi connectivity index (χ1n) is 11.6. The van der Waals surface area contributed by atoms with Crippen LogP contribution in [-0.4, -0.2) is 44.7 Å². The maximum absolute atomic E-state index is 12.9. The highest BCUT2D eigenvalue weighted by atomic mass is 32.2. The number of amides is 1. The monoisotopic (exact) mass is 492 g/mol. The molecule has 0 radical (unpaired) electrons. The van der Waals surface area contributed by atoms with Crippen molar-refractivity contribution in [1.82, 2.24) is 0 Å². The largest absolute Gasteiger partial charge is 0.372 e. The third kappa shape index (κ3) is 8.59.